The fourth-order valence-corrected chi connectivity index (χ4v) is 2.55. The highest BCUT2D eigenvalue weighted by Crippen LogP contribution is 2.26. The molecule has 0 aliphatic rings. The molecule has 0 aliphatic carbocycles. The quantitative estimate of drug-likeness (QED) is 0.706. The van der Waals surface area contributed by atoms with Crippen molar-refractivity contribution in [2.75, 3.05) is 5.32 Å². The van der Waals surface area contributed by atoms with E-state index in [1.165, 1.54) is 0 Å². The first-order valence-electron chi connectivity index (χ1n) is 6.93. The SMILES string of the molecule is CC(C)c1nc(Nc2cccc(Br)c2)c2ccccc2n1. The monoisotopic (exact) mass is 341 g/mol. The summed E-state index contributed by atoms with van der Waals surface area (Å²) in [6.07, 6.45) is 0. The van der Waals surface area contributed by atoms with Crippen molar-refractivity contribution in [3.63, 3.8) is 0 Å². The molecule has 0 spiro atoms. The lowest BCUT2D eigenvalue weighted by atomic mass is 10.1. The number of hydrogen-bond donors (Lipinski definition) is 1. The third kappa shape index (κ3) is 3.05. The number of benzene rings is 2. The fraction of sp³-hybridized carbons (Fsp3) is 0.176. The number of fused-ring (bicyclic) bond motifs is 1. The van der Waals surface area contributed by atoms with Crippen molar-refractivity contribution in [1.29, 1.82) is 0 Å². The van der Waals surface area contributed by atoms with Crippen molar-refractivity contribution in [3.05, 3.63) is 58.8 Å². The molecule has 1 heterocycles. The van der Waals surface area contributed by atoms with Crippen LogP contribution >= 0.6 is 15.9 Å². The highest BCUT2D eigenvalue weighted by molar-refractivity contribution is 9.10. The Hall–Kier alpha value is -1.94. The van der Waals surface area contributed by atoms with Gasteiger partial charge in [-0.05, 0) is 30.3 Å². The molecular weight excluding hydrogens is 326 g/mol. The van der Waals surface area contributed by atoms with Crippen LogP contribution in [0.4, 0.5) is 11.5 Å². The zero-order valence-electron chi connectivity index (χ0n) is 12.0. The van der Waals surface area contributed by atoms with Gasteiger partial charge in [0.2, 0.25) is 0 Å². The third-order valence-electron chi connectivity index (χ3n) is 3.22. The van der Waals surface area contributed by atoms with Crippen molar-refractivity contribution in [3.8, 4) is 0 Å². The number of para-hydroxylation sites is 1. The molecule has 0 radical (unpaired) electrons. The number of hydrogen-bond acceptors (Lipinski definition) is 3. The molecule has 0 fully saturated rings. The Morgan fingerprint density at radius 2 is 1.81 bits per heavy atom. The zero-order chi connectivity index (χ0) is 14.8. The number of halogens is 1. The second-order valence-electron chi connectivity index (χ2n) is 5.24. The van der Waals surface area contributed by atoms with Crippen molar-refractivity contribution in [2.45, 2.75) is 19.8 Å². The van der Waals surface area contributed by atoms with Crippen molar-refractivity contribution >= 4 is 38.3 Å². The first-order chi connectivity index (χ1) is 10.1. The van der Waals surface area contributed by atoms with E-state index in [9.17, 15) is 0 Å². The highest BCUT2D eigenvalue weighted by Gasteiger charge is 2.10. The Morgan fingerprint density at radius 3 is 2.57 bits per heavy atom. The molecule has 21 heavy (non-hydrogen) atoms. The standard InChI is InChI=1S/C17H16BrN3/c1-11(2)16-20-15-9-4-3-8-14(15)17(21-16)19-13-7-5-6-12(18)10-13/h3-11H,1-2H3,(H,19,20,21). The van der Waals surface area contributed by atoms with E-state index >= 15 is 0 Å². The molecular formula is C17H16BrN3. The average Bonchev–Trinajstić information content (AvgIpc) is 2.47. The Kier molecular flexibility index (Phi) is 3.88. The normalized spacial score (nSPS) is 11.0. The third-order valence-corrected chi connectivity index (χ3v) is 3.72. The van der Waals surface area contributed by atoms with Crippen LogP contribution in [0.2, 0.25) is 0 Å². The molecule has 0 amide bonds. The number of aromatic nitrogens is 2. The number of nitrogens with zero attached hydrogens (tertiary/aromatic N) is 2. The topological polar surface area (TPSA) is 37.8 Å². The summed E-state index contributed by atoms with van der Waals surface area (Å²) in [6, 6.07) is 16.1. The minimum absolute atomic E-state index is 0.290. The van der Waals surface area contributed by atoms with Gasteiger partial charge in [0.15, 0.2) is 0 Å². The molecule has 0 bridgehead atoms. The molecule has 1 aromatic heterocycles. The van der Waals surface area contributed by atoms with Gasteiger partial charge in [-0.25, -0.2) is 9.97 Å². The van der Waals surface area contributed by atoms with Gasteiger partial charge in [-0.1, -0.05) is 48.0 Å². The fourth-order valence-electron chi connectivity index (χ4n) is 2.15. The van der Waals surface area contributed by atoms with Crippen molar-refractivity contribution < 1.29 is 0 Å². The lowest BCUT2D eigenvalue weighted by molar-refractivity contribution is 0.785. The summed E-state index contributed by atoms with van der Waals surface area (Å²) >= 11 is 3.49. The van der Waals surface area contributed by atoms with E-state index in [2.05, 4.69) is 45.1 Å². The van der Waals surface area contributed by atoms with Crippen LogP contribution in [0.5, 0.6) is 0 Å². The maximum atomic E-state index is 4.69. The minimum atomic E-state index is 0.290. The van der Waals surface area contributed by atoms with Gasteiger partial charge in [-0.2, -0.15) is 0 Å². The van der Waals surface area contributed by atoms with Crippen molar-refractivity contribution in [2.24, 2.45) is 0 Å². The Labute approximate surface area is 132 Å². The van der Waals surface area contributed by atoms with Gasteiger partial charge in [0.1, 0.15) is 11.6 Å². The summed E-state index contributed by atoms with van der Waals surface area (Å²) in [5.41, 5.74) is 1.97. The summed E-state index contributed by atoms with van der Waals surface area (Å²) in [6.45, 7) is 4.21. The van der Waals surface area contributed by atoms with Crippen LogP contribution < -0.4 is 5.32 Å². The maximum Gasteiger partial charge on any atom is 0.142 e. The Bertz CT molecular complexity index is 784. The van der Waals surface area contributed by atoms with Gasteiger partial charge in [0.05, 0.1) is 5.52 Å². The predicted octanol–water partition coefficient (Wildman–Crippen LogP) is 5.26. The summed E-state index contributed by atoms with van der Waals surface area (Å²) < 4.78 is 1.04. The summed E-state index contributed by atoms with van der Waals surface area (Å²) in [5.74, 6) is 1.99. The van der Waals surface area contributed by atoms with Crippen LogP contribution in [-0.2, 0) is 0 Å². The van der Waals surface area contributed by atoms with E-state index in [1.54, 1.807) is 0 Å². The zero-order valence-corrected chi connectivity index (χ0v) is 13.6. The van der Waals surface area contributed by atoms with E-state index in [0.717, 1.165) is 32.7 Å². The van der Waals surface area contributed by atoms with E-state index in [1.807, 2.05) is 48.5 Å². The molecule has 1 N–H and O–H groups in total. The van der Waals surface area contributed by atoms with E-state index in [4.69, 9.17) is 0 Å². The first-order valence-corrected chi connectivity index (χ1v) is 7.72. The van der Waals surface area contributed by atoms with Gasteiger partial charge in [-0.15, -0.1) is 0 Å². The summed E-state index contributed by atoms with van der Waals surface area (Å²) in [4.78, 5) is 9.32. The predicted molar refractivity (Wildman–Crippen MR) is 91.1 cm³/mol. The average molecular weight is 342 g/mol. The minimum Gasteiger partial charge on any atom is -0.340 e. The Balaban J connectivity index is 2.11. The van der Waals surface area contributed by atoms with Gasteiger partial charge in [-0.3, -0.25) is 0 Å². The summed E-state index contributed by atoms with van der Waals surface area (Å²) in [5, 5.41) is 4.43. The molecule has 0 atom stereocenters. The number of anilines is 2. The van der Waals surface area contributed by atoms with E-state index < -0.39 is 0 Å². The van der Waals surface area contributed by atoms with Crippen LogP contribution in [0.1, 0.15) is 25.6 Å². The van der Waals surface area contributed by atoms with Crippen LogP contribution in [0.15, 0.2) is 53.0 Å². The van der Waals surface area contributed by atoms with E-state index in [0.29, 0.717) is 0 Å². The lowest BCUT2D eigenvalue weighted by Crippen LogP contribution is -2.03. The second kappa shape index (κ2) is 5.82. The van der Waals surface area contributed by atoms with Crippen LogP contribution in [0, 0.1) is 0 Å². The number of nitrogens with one attached hydrogen (secondary N) is 1. The molecule has 106 valence electrons. The highest BCUT2D eigenvalue weighted by atomic mass is 79.9. The first kappa shape index (κ1) is 14.0. The van der Waals surface area contributed by atoms with Crippen LogP contribution in [0.3, 0.4) is 0 Å². The smallest absolute Gasteiger partial charge is 0.142 e. The molecule has 4 heteroatoms. The molecule has 2 aromatic carbocycles. The van der Waals surface area contributed by atoms with Gasteiger partial charge in [0, 0.05) is 21.5 Å². The molecule has 0 saturated carbocycles. The molecule has 0 unspecified atom stereocenters. The largest absolute Gasteiger partial charge is 0.340 e. The Morgan fingerprint density at radius 1 is 1.00 bits per heavy atom. The van der Waals surface area contributed by atoms with Crippen molar-refractivity contribution in [1.82, 2.24) is 9.97 Å². The molecule has 0 aliphatic heterocycles. The molecule has 3 rings (SSSR count). The summed E-state index contributed by atoms with van der Waals surface area (Å²) in [7, 11) is 0. The van der Waals surface area contributed by atoms with Gasteiger partial charge >= 0.3 is 0 Å². The maximum absolute atomic E-state index is 4.69. The van der Waals surface area contributed by atoms with Gasteiger partial charge in [0.25, 0.3) is 0 Å². The molecule has 0 saturated heterocycles. The molecule has 3 nitrogen and oxygen atoms in total. The lowest BCUT2D eigenvalue weighted by Gasteiger charge is -2.12. The number of rotatable bonds is 3. The van der Waals surface area contributed by atoms with E-state index in [-0.39, 0.29) is 5.92 Å². The molecule has 3 aromatic rings. The second-order valence-corrected chi connectivity index (χ2v) is 6.15. The van der Waals surface area contributed by atoms with Crippen LogP contribution in [0.25, 0.3) is 10.9 Å². The van der Waals surface area contributed by atoms with Gasteiger partial charge < -0.3 is 5.32 Å². The van der Waals surface area contributed by atoms with Crippen LogP contribution in [-0.4, -0.2) is 9.97 Å².